The normalized spacial score (nSPS) is 12.6. The van der Waals surface area contributed by atoms with Gasteiger partial charge in [0.1, 0.15) is 34.7 Å². The number of anilines is 1. The van der Waals surface area contributed by atoms with Crippen LogP contribution in [0.2, 0.25) is 5.15 Å². The molecule has 0 saturated carbocycles. The number of nitrogens with zero attached hydrogens (tertiary/aromatic N) is 4. The van der Waals surface area contributed by atoms with Crippen molar-refractivity contribution >= 4 is 23.2 Å². The number of nitrogens with one attached hydrogen (secondary N) is 1. The standard InChI is InChI=1S/C15H13ClF3N5O/c1-2-8(5-25)22-14-12(11-9(18)3-7(17)4-10(11)19)13(16)23-15-20-6-21-24(14)15/h3-4,6,8,22,25H,2,5H2,1H3. The van der Waals surface area contributed by atoms with Gasteiger partial charge in [0.15, 0.2) is 0 Å². The Labute approximate surface area is 145 Å². The number of aliphatic hydroxyl groups excluding tert-OH is 1. The van der Waals surface area contributed by atoms with Gasteiger partial charge in [0.25, 0.3) is 5.78 Å². The summed E-state index contributed by atoms with van der Waals surface area (Å²) in [5.74, 6) is -3.13. The Bertz CT molecular complexity index is 906. The highest BCUT2D eigenvalue weighted by Gasteiger charge is 2.25. The van der Waals surface area contributed by atoms with Crippen LogP contribution in [0.4, 0.5) is 19.0 Å². The number of halogens is 4. The van der Waals surface area contributed by atoms with E-state index in [0.29, 0.717) is 18.6 Å². The molecule has 0 aliphatic carbocycles. The van der Waals surface area contributed by atoms with Crippen LogP contribution in [-0.2, 0) is 0 Å². The van der Waals surface area contributed by atoms with Crippen molar-refractivity contribution in [1.29, 1.82) is 0 Å². The van der Waals surface area contributed by atoms with Crippen LogP contribution in [0.5, 0.6) is 0 Å². The summed E-state index contributed by atoms with van der Waals surface area (Å²) in [5.41, 5.74) is -0.687. The van der Waals surface area contributed by atoms with Crippen LogP contribution in [0.1, 0.15) is 13.3 Å². The molecule has 0 aliphatic heterocycles. The highest BCUT2D eigenvalue weighted by atomic mass is 35.5. The molecule has 132 valence electrons. The van der Waals surface area contributed by atoms with Gasteiger partial charge < -0.3 is 10.4 Å². The summed E-state index contributed by atoms with van der Waals surface area (Å²) in [6.07, 6.45) is 1.71. The summed E-state index contributed by atoms with van der Waals surface area (Å²) in [6.45, 7) is 1.58. The van der Waals surface area contributed by atoms with Gasteiger partial charge in [0.05, 0.1) is 23.8 Å². The molecular weight excluding hydrogens is 359 g/mol. The third-order valence-corrected chi connectivity index (χ3v) is 3.97. The summed E-state index contributed by atoms with van der Waals surface area (Å²) >= 11 is 6.13. The van der Waals surface area contributed by atoms with E-state index in [9.17, 15) is 18.3 Å². The predicted octanol–water partition coefficient (Wildman–Crippen LogP) is 3.04. The number of hydrogen-bond acceptors (Lipinski definition) is 5. The van der Waals surface area contributed by atoms with E-state index in [1.165, 1.54) is 10.8 Å². The van der Waals surface area contributed by atoms with E-state index in [4.69, 9.17) is 11.6 Å². The molecule has 1 atom stereocenters. The number of benzene rings is 1. The third-order valence-electron chi connectivity index (χ3n) is 3.69. The van der Waals surface area contributed by atoms with Crippen LogP contribution in [0, 0.1) is 17.5 Å². The molecule has 0 aliphatic rings. The van der Waals surface area contributed by atoms with Crippen molar-refractivity contribution in [2.75, 3.05) is 11.9 Å². The lowest BCUT2D eigenvalue weighted by molar-refractivity contribution is 0.271. The Hall–Kier alpha value is -2.39. The first-order valence-electron chi connectivity index (χ1n) is 7.37. The molecule has 1 unspecified atom stereocenters. The summed E-state index contributed by atoms with van der Waals surface area (Å²) < 4.78 is 43.0. The maximum absolute atomic E-state index is 14.3. The highest BCUT2D eigenvalue weighted by Crippen LogP contribution is 2.37. The average molecular weight is 372 g/mol. The van der Waals surface area contributed by atoms with Crippen molar-refractivity contribution in [2.24, 2.45) is 0 Å². The van der Waals surface area contributed by atoms with E-state index in [0.717, 1.165) is 0 Å². The number of aromatic nitrogens is 4. The Morgan fingerprint density at radius 3 is 2.52 bits per heavy atom. The number of fused-ring (bicyclic) bond motifs is 1. The van der Waals surface area contributed by atoms with Gasteiger partial charge in [-0.05, 0) is 6.42 Å². The summed E-state index contributed by atoms with van der Waals surface area (Å²) in [4.78, 5) is 7.86. The van der Waals surface area contributed by atoms with Gasteiger partial charge in [-0.2, -0.15) is 19.6 Å². The number of rotatable bonds is 5. The zero-order valence-corrected chi connectivity index (χ0v) is 13.7. The lowest BCUT2D eigenvalue weighted by Crippen LogP contribution is -2.25. The monoisotopic (exact) mass is 371 g/mol. The molecule has 0 amide bonds. The fourth-order valence-corrected chi connectivity index (χ4v) is 2.68. The lowest BCUT2D eigenvalue weighted by atomic mass is 10.1. The molecule has 2 heterocycles. The maximum atomic E-state index is 14.3. The van der Waals surface area contributed by atoms with Crippen LogP contribution in [0.15, 0.2) is 18.5 Å². The minimum Gasteiger partial charge on any atom is -0.394 e. The molecule has 0 radical (unpaired) electrons. The first-order chi connectivity index (χ1) is 12.0. The number of aliphatic hydroxyl groups is 1. The molecule has 0 saturated heterocycles. The van der Waals surface area contributed by atoms with Gasteiger partial charge in [0, 0.05) is 12.1 Å². The van der Waals surface area contributed by atoms with Crippen molar-refractivity contribution < 1.29 is 18.3 Å². The number of hydrogen-bond donors (Lipinski definition) is 2. The molecule has 0 bridgehead atoms. The van der Waals surface area contributed by atoms with Gasteiger partial charge in [-0.15, -0.1) is 0 Å². The van der Waals surface area contributed by atoms with Gasteiger partial charge in [-0.1, -0.05) is 18.5 Å². The van der Waals surface area contributed by atoms with Crippen LogP contribution >= 0.6 is 11.6 Å². The molecule has 2 N–H and O–H groups in total. The molecular formula is C15H13ClF3N5O. The zero-order chi connectivity index (χ0) is 18.1. The van der Waals surface area contributed by atoms with Crippen molar-refractivity contribution in [3.8, 4) is 11.1 Å². The molecule has 10 heteroatoms. The molecule has 2 aromatic heterocycles. The molecule has 3 aromatic rings. The van der Waals surface area contributed by atoms with E-state index < -0.39 is 29.1 Å². The first-order valence-corrected chi connectivity index (χ1v) is 7.75. The molecule has 6 nitrogen and oxygen atoms in total. The van der Waals surface area contributed by atoms with Gasteiger partial charge in [-0.25, -0.2) is 13.2 Å². The highest BCUT2D eigenvalue weighted by molar-refractivity contribution is 6.33. The Balaban J connectivity index is 2.32. The molecule has 3 rings (SSSR count). The van der Waals surface area contributed by atoms with Crippen molar-refractivity contribution in [1.82, 2.24) is 19.6 Å². The average Bonchev–Trinajstić information content (AvgIpc) is 3.01. The molecule has 0 spiro atoms. The second-order valence-corrected chi connectivity index (χ2v) is 5.63. The SMILES string of the molecule is CCC(CO)Nc1c(-c2c(F)cc(F)cc2F)c(Cl)nc2ncnn12. The first kappa shape index (κ1) is 17.4. The second kappa shape index (κ2) is 6.85. The van der Waals surface area contributed by atoms with Crippen LogP contribution in [0.3, 0.4) is 0 Å². The minimum absolute atomic E-state index is 0.0952. The largest absolute Gasteiger partial charge is 0.394 e. The minimum atomic E-state index is -1.14. The van der Waals surface area contributed by atoms with E-state index in [-0.39, 0.29) is 28.9 Å². The van der Waals surface area contributed by atoms with E-state index in [1.54, 1.807) is 0 Å². The third kappa shape index (κ3) is 3.12. The zero-order valence-electron chi connectivity index (χ0n) is 13.0. The quantitative estimate of drug-likeness (QED) is 0.674. The summed E-state index contributed by atoms with van der Waals surface area (Å²) in [7, 11) is 0. The van der Waals surface area contributed by atoms with Crippen molar-refractivity contribution in [3.63, 3.8) is 0 Å². The van der Waals surface area contributed by atoms with Crippen LogP contribution < -0.4 is 5.32 Å². The summed E-state index contributed by atoms with van der Waals surface area (Å²) in [6, 6.07) is 0.664. The smallest absolute Gasteiger partial charge is 0.255 e. The maximum Gasteiger partial charge on any atom is 0.255 e. The van der Waals surface area contributed by atoms with E-state index in [2.05, 4.69) is 20.4 Å². The second-order valence-electron chi connectivity index (χ2n) is 5.27. The lowest BCUT2D eigenvalue weighted by Gasteiger charge is -2.20. The fourth-order valence-electron chi connectivity index (χ4n) is 2.42. The van der Waals surface area contributed by atoms with Crippen LogP contribution in [-0.4, -0.2) is 37.3 Å². The molecule has 1 aromatic carbocycles. The van der Waals surface area contributed by atoms with E-state index >= 15 is 0 Å². The summed E-state index contributed by atoms with van der Waals surface area (Å²) in [5, 5.41) is 16.1. The Kier molecular flexibility index (Phi) is 4.78. The Morgan fingerprint density at radius 1 is 1.24 bits per heavy atom. The van der Waals surface area contributed by atoms with Crippen molar-refractivity contribution in [2.45, 2.75) is 19.4 Å². The van der Waals surface area contributed by atoms with Crippen molar-refractivity contribution in [3.05, 3.63) is 41.1 Å². The molecule has 0 fully saturated rings. The van der Waals surface area contributed by atoms with E-state index in [1.807, 2.05) is 6.92 Å². The predicted molar refractivity (Wildman–Crippen MR) is 85.9 cm³/mol. The van der Waals surface area contributed by atoms with Gasteiger partial charge in [0.2, 0.25) is 0 Å². The van der Waals surface area contributed by atoms with Crippen LogP contribution in [0.25, 0.3) is 16.9 Å². The fraction of sp³-hybridized carbons (Fsp3) is 0.267. The Morgan fingerprint density at radius 2 is 1.92 bits per heavy atom. The molecule has 25 heavy (non-hydrogen) atoms. The topological polar surface area (TPSA) is 75.3 Å². The van der Waals surface area contributed by atoms with Gasteiger partial charge >= 0.3 is 0 Å². The van der Waals surface area contributed by atoms with Gasteiger partial charge in [-0.3, -0.25) is 0 Å².